The number of para-hydroxylation sites is 1. The van der Waals surface area contributed by atoms with Crippen LogP contribution in [0.3, 0.4) is 0 Å². The van der Waals surface area contributed by atoms with Gasteiger partial charge in [0.25, 0.3) is 5.91 Å². The Labute approximate surface area is 235 Å². The molecular weight excluding hydrogens is 522 g/mol. The summed E-state index contributed by atoms with van der Waals surface area (Å²) in [6.07, 6.45) is 1.77. The van der Waals surface area contributed by atoms with Crippen molar-refractivity contribution < 1.29 is 13.2 Å². The van der Waals surface area contributed by atoms with Gasteiger partial charge in [0.1, 0.15) is 0 Å². The number of sulfone groups is 1. The summed E-state index contributed by atoms with van der Waals surface area (Å²) in [4.78, 5) is 29.2. The van der Waals surface area contributed by atoms with Gasteiger partial charge in [-0.3, -0.25) is 14.7 Å². The third-order valence-electron chi connectivity index (χ3n) is 7.88. The SMILES string of the molecule is CN1CCN(C(=O)c2cccc(-c3cnc4cccc(-c5ccc(CN6CCS(=O)(=O)CC6)cc5)c4n3)c2)CC1. The Hall–Kier alpha value is -3.66. The number of carbonyl (C=O) groups excluding carboxylic acids is 1. The molecule has 0 aliphatic carbocycles. The van der Waals surface area contributed by atoms with Crippen LogP contribution >= 0.6 is 0 Å². The quantitative estimate of drug-likeness (QED) is 0.372. The predicted octanol–water partition coefficient (Wildman–Crippen LogP) is 3.58. The molecular formula is C31H33N5O3S. The largest absolute Gasteiger partial charge is 0.336 e. The Bertz CT molecular complexity index is 1630. The van der Waals surface area contributed by atoms with Crippen LogP contribution in [-0.2, 0) is 16.4 Å². The van der Waals surface area contributed by atoms with E-state index in [-0.39, 0.29) is 17.4 Å². The molecule has 0 spiro atoms. The van der Waals surface area contributed by atoms with Crippen LogP contribution in [0.1, 0.15) is 15.9 Å². The molecule has 0 radical (unpaired) electrons. The minimum atomic E-state index is -2.88. The number of rotatable bonds is 5. The minimum absolute atomic E-state index is 0.0515. The average molecular weight is 556 g/mol. The molecule has 2 aliphatic heterocycles. The maximum atomic E-state index is 13.2. The first kappa shape index (κ1) is 26.6. The van der Waals surface area contributed by atoms with E-state index in [0.717, 1.165) is 71.7 Å². The molecule has 1 amide bonds. The van der Waals surface area contributed by atoms with E-state index in [1.54, 1.807) is 6.20 Å². The molecule has 0 N–H and O–H groups in total. The van der Waals surface area contributed by atoms with Crippen LogP contribution in [0.4, 0.5) is 0 Å². The average Bonchev–Trinajstić information content (AvgIpc) is 2.98. The number of carbonyl (C=O) groups is 1. The van der Waals surface area contributed by atoms with E-state index < -0.39 is 9.84 Å². The fourth-order valence-corrected chi connectivity index (χ4v) is 6.64. The van der Waals surface area contributed by atoms with Gasteiger partial charge in [-0.25, -0.2) is 13.4 Å². The molecule has 1 aromatic heterocycles. The Morgan fingerprint density at radius 2 is 1.57 bits per heavy atom. The van der Waals surface area contributed by atoms with E-state index in [9.17, 15) is 13.2 Å². The van der Waals surface area contributed by atoms with Gasteiger partial charge < -0.3 is 9.80 Å². The summed E-state index contributed by atoms with van der Waals surface area (Å²) in [5, 5.41) is 0. The van der Waals surface area contributed by atoms with Crippen molar-refractivity contribution in [1.29, 1.82) is 0 Å². The third-order valence-corrected chi connectivity index (χ3v) is 9.49. The van der Waals surface area contributed by atoms with E-state index >= 15 is 0 Å². The van der Waals surface area contributed by atoms with Gasteiger partial charge in [-0.2, -0.15) is 0 Å². The van der Waals surface area contributed by atoms with Crippen molar-refractivity contribution in [3.8, 4) is 22.4 Å². The fourth-order valence-electron chi connectivity index (χ4n) is 5.36. The highest BCUT2D eigenvalue weighted by Crippen LogP contribution is 2.29. The fraction of sp³-hybridized carbons (Fsp3) is 0.323. The van der Waals surface area contributed by atoms with E-state index in [4.69, 9.17) is 9.97 Å². The highest BCUT2D eigenvalue weighted by atomic mass is 32.2. The monoisotopic (exact) mass is 555 g/mol. The molecule has 8 nitrogen and oxygen atoms in total. The van der Waals surface area contributed by atoms with Crippen molar-refractivity contribution in [1.82, 2.24) is 24.7 Å². The number of hydrogen-bond donors (Lipinski definition) is 0. The molecule has 2 fully saturated rings. The lowest BCUT2D eigenvalue weighted by Crippen LogP contribution is -2.47. The zero-order valence-corrected chi connectivity index (χ0v) is 23.5. The Balaban J connectivity index is 1.24. The minimum Gasteiger partial charge on any atom is -0.336 e. The Morgan fingerprint density at radius 3 is 2.33 bits per heavy atom. The van der Waals surface area contributed by atoms with E-state index in [1.165, 1.54) is 0 Å². The van der Waals surface area contributed by atoms with Crippen LogP contribution in [0.5, 0.6) is 0 Å². The zero-order valence-electron chi connectivity index (χ0n) is 22.7. The van der Waals surface area contributed by atoms with Gasteiger partial charge in [0.2, 0.25) is 0 Å². The molecule has 9 heteroatoms. The van der Waals surface area contributed by atoms with Crippen molar-refractivity contribution >= 4 is 26.8 Å². The number of benzene rings is 3. The molecule has 2 aliphatic rings. The summed E-state index contributed by atoms with van der Waals surface area (Å²) in [5.41, 5.74) is 7.06. The van der Waals surface area contributed by atoms with Gasteiger partial charge in [0.05, 0.1) is 34.4 Å². The van der Waals surface area contributed by atoms with Crippen molar-refractivity contribution in [2.24, 2.45) is 0 Å². The van der Waals surface area contributed by atoms with E-state index in [2.05, 4.69) is 47.2 Å². The number of nitrogens with zero attached hydrogens (tertiary/aromatic N) is 5. The van der Waals surface area contributed by atoms with Crippen LogP contribution < -0.4 is 0 Å². The lowest BCUT2D eigenvalue weighted by molar-refractivity contribution is 0.0664. The molecule has 6 rings (SSSR count). The van der Waals surface area contributed by atoms with Crippen molar-refractivity contribution in [2.45, 2.75) is 6.54 Å². The maximum Gasteiger partial charge on any atom is 0.253 e. The molecule has 3 heterocycles. The van der Waals surface area contributed by atoms with Gasteiger partial charge in [0.15, 0.2) is 9.84 Å². The van der Waals surface area contributed by atoms with Gasteiger partial charge >= 0.3 is 0 Å². The molecule has 3 aromatic carbocycles. The molecule has 40 heavy (non-hydrogen) atoms. The van der Waals surface area contributed by atoms with E-state index in [1.807, 2.05) is 41.3 Å². The second-order valence-corrected chi connectivity index (χ2v) is 13.0. The number of aromatic nitrogens is 2. The van der Waals surface area contributed by atoms with Gasteiger partial charge in [-0.15, -0.1) is 0 Å². The Morgan fingerprint density at radius 1 is 0.850 bits per heavy atom. The molecule has 4 aromatic rings. The van der Waals surface area contributed by atoms with Crippen LogP contribution in [-0.4, -0.2) is 96.8 Å². The second-order valence-electron chi connectivity index (χ2n) is 10.7. The summed E-state index contributed by atoms with van der Waals surface area (Å²) in [7, 11) is -0.805. The molecule has 0 atom stereocenters. The molecule has 0 unspecified atom stereocenters. The maximum absolute atomic E-state index is 13.2. The third kappa shape index (κ3) is 5.77. The van der Waals surface area contributed by atoms with Crippen LogP contribution in [0, 0.1) is 0 Å². The first-order chi connectivity index (χ1) is 19.3. The molecule has 2 saturated heterocycles. The molecule has 0 saturated carbocycles. The lowest BCUT2D eigenvalue weighted by atomic mass is 10.0. The highest BCUT2D eigenvalue weighted by molar-refractivity contribution is 7.91. The summed E-state index contributed by atoms with van der Waals surface area (Å²) < 4.78 is 23.5. The zero-order chi connectivity index (χ0) is 27.7. The molecule has 0 bridgehead atoms. The van der Waals surface area contributed by atoms with Crippen LogP contribution in [0.25, 0.3) is 33.4 Å². The summed E-state index contributed by atoms with van der Waals surface area (Å²) in [5.74, 6) is 0.514. The highest BCUT2D eigenvalue weighted by Gasteiger charge is 2.22. The topological polar surface area (TPSA) is 86.7 Å². The normalized spacial score (nSPS) is 18.2. The molecule has 206 valence electrons. The smallest absolute Gasteiger partial charge is 0.253 e. The van der Waals surface area contributed by atoms with E-state index in [0.29, 0.717) is 18.7 Å². The van der Waals surface area contributed by atoms with Gasteiger partial charge in [-0.1, -0.05) is 48.5 Å². The van der Waals surface area contributed by atoms with Crippen LogP contribution in [0.2, 0.25) is 0 Å². The summed E-state index contributed by atoms with van der Waals surface area (Å²) in [6.45, 7) is 5.12. The number of likely N-dealkylation sites (N-methyl/N-ethyl adjacent to an activating group) is 1. The van der Waals surface area contributed by atoms with Crippen molar-refractivity contribution in [3.63, 3.8) is 0 Å². The van der Waals surface area contributed by atoms with Gasteiger partial charge in [0, 0.05) is 62.5 Å². The number of fused-ring (bicyclic) bond motifs is 1. The first-order valence-electron chi connectivity index (χ1n) is 13.7. The predicted molar refractivity (Wildman–Crippen MR) is 158 cm³/mol. The lowest BCUT2D eigenvalue weighted by Gasteiger charge is -2.32. The number of amides is 1. The van der Waals surface area contributed by atoms with Crippen molar-refractivity contribution in [3.05, 3.63) is 84.1 Å². The second kappa shape index (κ2) is 11.1. The van der Waals surface area contributed by atoms with Crippen molar-refractivity contribution in [2.75, 3.05) is 57.8 Å². The standard InChI is InChI=1S/C31H33N5O3S/c1-34-12-14-36(15-13-34)31(37)26-5-2-4-25(20-26)29-21-32-28-7-3-6-27(30(28)33-29)24-10-8-23(9-11-24)22-35-16-18-40(38,39)19-17-35/h2-11,20-21H,12-19,22H2,1H3. The first-order valence-corrected chi connectivity index (χ1v) is 15.5. The Kier molecular flexibility index (Phi) is 7.35. The van der Waals surface area contributed by atoms with Crippen LogP contribution in [0.15, 0.2) is 72.9 Å². The summed E-state index contributed by atoms with van der Waals surface area (Å²) in [6, 6.07) is 22.1. The van der Waals surface area contributed by atoms with Gasteiger partial charge in [-0.05, 0) is 36.4 Å². The number of hydrogen-bond acceptors (Lipinski definition) is 7. The number of piperazine rings is 1. The summed E-state index contributed by atoms with van der Waals surface area (Å²) >= 11 is 0.